The van der Waals surface area contributed by atoms with Gasteiger partial charge in [0.25, 0.3) is 5.91 Å². The lowest BCUT2D eigenvalue weighted by molar-refractivity contribution is 0.0529. The van der Waals surface area contributed by atoms with Gasteiger partial charge in [0.2, 0.25) is 0 Å². The molecule has 0 aliphatic heterocycles. The van der Waals surface area contributed by atoms with E-state index in [0.717, 1.165) is 0 Å². The van der Waals surface area contributed by atoms with Crippen molar-refractivity contribution in [1.29, 1.82) is 0 Å². The first kappa shape index (κ1) is 15.4. The second kappa shape index (κ2) is 7.09. The molecule has 0 N–H and O–H groups in total. The Morgan fingerprint density at radius 1 is 1.42 bits per heavy atom. The summed E-state index contributed by atoms with van der Waals surface area (Å²) in [5, 5.41) is 0. The molecule has 1 rings (SSSR count). The number of nitrogens with zero attached hydrogens (tertiary/aromatic N) is 1. The highest BCUT2D eigenvalue weighted by molar-refractivity contribution is 5.94. The van der Waals surface area contributed by atoms with E-state index in [1.165, 1.54) is 24.1 Å². The predicted octanol–water partition coefficient (Wildman–Crippen LogP) is 2.33. The molecular weight excluding hydrogens is 249 g/mol. The van der Waals surface area contributed by atoms with E-state index in [0.29, 0.717) is 18.9 Å². The molecule has 106 valence electrons. The molecule has 1 amide bonds. The number of benzene rings is 1. The van der Waals surface area contributed by atoms with Gasteiger partial charge < -0.3 is 14.4 Å². The standard InChI is InChI=1S/C14H20FNO3/c1-10(2)19-8-7-16(3)14(17)12-6-5-11(18-4)9-13(12)15/h5-6,9-10H,7-8H2,1-4H3. The monoisotopic (exact) mass is 269 g/mol. The zero-order chi connectivity index (χ0) is 14.4. The molecule has 4 nitrogen and oxygen atoms in total. The Hall–Kier alpha value is -1.62. The van der Waals surface area contributed by atoms with Gasteiger partial charge in [0, 0.05) is 19.7 Å². The molecular formula is C14H20FNO3. The molecule has 0 atom stereocenters. The highest BCUT2D eigenvalue weighted by Crippen LogP contribution is 2.17. The first-order valence-corrected chi connectivity index (χ1v) is 6.16. The second-order valence-corrected chi connectivity index (χ2v) is 4.49. The Bertz CT molecular complexity index is 435. The van der Waals surface area contributed by atoms with Gasteiger partial charge in [-0.05, 0) is 26.0 Å². The topological polar surface area (TPSA) is 38.8 Å². The first-order valence-electron chi connectivity index (χ1n) is 6.16. The average molecular weight is 269 g/mol. The summed E-state index contributed by atoms with van der Waals surface area (Å²) in [4.78, 5) is 13.5. The van der Waals surface area contributed by atoms with E-state index >= 15 is 0 Å². The molecule has 5 heteroatoms. The van der Waals surface area contributed by atoms with E-state index in [2.05, 4.69) is 0 Å². The average Bonchev–Trinajstić information content (AvgIpc) is 2.37. The lowest BCUT2D eigenvalue weighted by atomic mass is 10.2. The van der Waals surface area contributed by atoms with Crippen LogP contribution in [0.5, 0.6) is 5.75 Å². The first-order chi connectivity index (χ1) is 8.95. The van der Waals surface area contributed by atoms with Gasteiger partial charge in [-0.15, -0.1) is 0 Å². The van der Waals surface area contributed by atoms with Crippen molar-refractivity contribution >= 4 is 5.91 Å². The third-order valence-electron chi connectivity index (χ3n) is 2.63. The summed E-state index contributed by atoms with van der Waals surface area (Å²) in [5.74, 6) is -0.562. The van der Waals surface area contributed by atoms with Gasteiger partial charge in [0.1, 0.15) is 11.6 Å². The molecule has 1 aromatic carbocycles. The zero-order valence-corrected chi connectivity index (χ0v) is 11.8. The fourth-order valence-electron chi connectivity index (χ4n) is 1.53. The number of amides is 1. The molecule has 0 spiro atoms. The van der Waals surface area contributed by atoms with E-state index in [1.807, 2.05) is 13.8 Å². The Balaban J connectivity index is 2.66. The van der Waals surface area contributed by atoms with Crippen molar-refractivity contribution in [3.05, 3.63) is 29.6 Å². The van der Waals surface area contributed by atoms with Crippen LogP contribution in [0.4, 0.5) is 4.39 Å². The number of rotatable bonds is 6. The fourth-order valence-corrected chi connectivity index (χ4v) is 1.53. The van der Waals surface area contributed by atoms with Crippen LogP contribution in [0.15, 0.2) is 18.2 Å². The molecule has 1 aromatic rings. The predicted molar refractivity (Wildman–Crippen MR) is 71.0 cm³/mol. The third-order valence-corrected chi connectivity index (χ3v) is 2.63. The van der Waals surface area contributed by atoms with Gasteiger partial charge >= 0.3 is 0 Å². The number of methoxy groups -OCH3 is 1. The Morgan fingerprint density at radius 2 is 2.11 bits per heavy atom. The summed E-state index contributed by atoms with van der Waals surface area (Å²) >= 11 is 0. The van der Waals surface area contributed by atoms with Crippen LogP contribution < -0.4 is 4.74 Å². The minimum absolute atomic E-state index is 0.0350. The van der Waals surface area contributed by atoms with Crippen LogP contribution in [0.1, 0.15) is 24.2 Å². The molecule has 0 aliphatic carbocycles. The van der Waals surface area contributed by atoms with Gasteiger partial charge in [0.05, 0.1) is 25.4 Å². The maximum absolute atomic E-state index is 13.7. The van der Waals surface area contributed by atoms with Crippen LogP contribution in [0, 0.1) is 5.82 Å². The highest BCUT2D eigenvalue weighted by Gasteiger charge is 2.16. The zero-order valence-electron chi connectivity index (χ0n) is 11.8. The SMILES string of the molecule is COc1ccc(C(=O)N(C)CCOC(C)C)c(F)c1. The molecule has 0 unspecified atom stereocenters. The maximum Gasteiger partial charge on any atom is 0.256 e. The molecule has 0 heterocycles. The summed E-state index contributed by atoms with van der Waals surface area (Å²) in [6.45, 7) is 4.69. The van der Waals surface area contributed by atoms with Crippen LogP contribution >= 0.6 is 0 Å². The van der Waals surface area contributed by atoms with E-state index in [1.54, 1.807) is 13.1 Å². The maximum atomic E-state index is 13.7. The van der Waals surface area contributed by atoms with Crippen LogP contribution in [-0.2, 0) is 4.74 Å². The summed E-state index contributed by atoms with van der Waals surface area (Å²) in [5.41, 5.74) is 0.0350. The van der Waals surface area contributed by atoms with Gasteiger partial charge in [-0.2, -0.15) is 0 Å². The van der Waals surface area contributed by atoms with Crippen molar-refractivity contribution in [2.24, 2.45) is 0 Å². The lowest BCUT2D eigenvalue weighted by Crippen LogP contribution is -2.31. The minimum Gasteiger partial charge on any atom is -0.497 e. The van der Waals surface area contributed by atoms with Crippen LogP contribution in [0.3, 0.4) is 0 Å². The van der Waals surface area contributed by atoms with E-state index < -0.39 is 5.82 Å². The third kappa shape index (κ3) is 4.52. The number of ether oxygens (including phenoxy) is 2. The normalized spacial score (nSPS) is 10.6. The van der Waals surface area contributed by atoms with Crippen molar-refractivity contribution in [2.75, 3.05) is 27.3 Å². The van der Waals surface area contributed by atoms with Gasteiger partial charge in [0.15, 0.2) is 0 Å². The van der Waals surface area contributed by atoms with Crippen LogP contribution in [-0.4, -0.2) is 44.2 Å². The number of halogens is 1. The molecule has 0 aromatic heterocycles. The number of carbonyl (C=O) groups excluding carboxylic acids is 1. The van der Waals surface area contributed by atoms with Crippen LogP contribution in [0.25, 0.3) is 0 Å². The van der Waals surface area contributed by atoms with Crippen molar-refractivity contribution in [3.8, 4) is 5.75 Å². The van der Waals surface area contributed by atoms with E-state index in [9.17, 15) is 9.18 Å². The van der Waals surface area contributed by atoms with E-state index in [-0.39, 0.29) is 17.6 Å². The van der Waals surface area contributed by atoms with Crippen molar-refractivity contribution in [2.45, 2.75) is 20.0 Å². The second-order valence-electron chi connectivity index (χ2n) is 4.49. The van der Waals surface area contributed by atoms with Crippen LogP contribution in [0.2, 0.25) is 0 Å². The summed E-state index contributed by atoms with van der Waals surface area (Å²) in [6.07, 6.45) is 0.112. The Labute approximate surface area is 113 Å². The summed E-state index contributed by atoms with van der Waals surface area (Å²) in [7, 11) is 3.07. The smallest absolute Gasteiger partial charge is 0.256 e. The summed E-state index contributed by atoms with van der Waals surface area (Å²) in [6, 6.07) is 4.19. The largest absolute Gasteiger partial charge is 0.497 e. The molecule has 0 radical (unpaired) electrons. The van der Waals surface area contributed by atoms with E-state index in [4.69, 9.17) is 9.47 Å². The molecule has 19 heavy (non-hydrogen) atoms. The minimum atomic E-state index is -0.582. The molecule has 0 saturated heterocycles. The molecule has 0 bridgehead atoms. The van der Waals surface area contributed by atoms with Crippen molar-refractivity contribution < 1.29 is 18.7 Å². The Kier molecular flexibility index (Phi) is 5.76. The fraction of sp³-hybridized carbons (Fsp3) is 0.500. The van der Waals surface area contributed by atoms with Gasteiger partial charge in [-0.25, -0.2) is 4.39 Å². The number of carbonyl (C=O) groups is 1. The number of hydrogen-bond acceptors (Lipinski definition) is 3. The van der Waals surface area contributed by atoms with Gasteiger partial charge in [-0.1, -0.05) is 0 Å². The molecule has 0 fully saturated rings. The van der Waals surface area contributed by atoms with Crippen molar-refractivity contribution in [1.82, 2.24) is 4.90 Å². The summed E-state index contributed by atoms with van der Waals surface area (Å²) < 4.78 is 24.0. The van der Waals surface area contributed by atoms with Gasteiger partial charge in [-0.3, -0.25) is 4.79 Å². The molecule has 0 saturated carbocycles. The molecule has 0 aliphatic rings. The Morgan fingerprint density at radius 3 is 2.63 bits per heavy atom. The van der Waals surface area contributed by atoms with Crippen molar-refractivity contribution in [3.63, 3.8) is 0 Å². The highest BCUT2D eigenvalue weighted by atomic mass is 19.1. The lowest BCUT2D eigenvalue weighted by Gasteiger charge is -2.18. The quantitative estimate of drug-likeness (QED) is 0.795. The number of hydrogen-bond donors (Lipinski definition) is 0. The number of likely N-dealkylation sites (N-methyl/N-ethyl adjacent to an activating group) is 1.